The van der Waals surface area contributed by atoms with Crippen LogP contribution in [0.3, 0.4) is 0 Å². The summed E-state index contributed by atoms with van der Waals surface area (Å²) in [6.45, 7) is 7.86. The van der Waals surface area contributed by atoms with E-state index >= 15 is 0 Å². The molecule has 1 heterocycles. The first-order valence-corrected chi connectivity index (χ1v) is 9.56. The average molecular weight is 378 g/mol. The maximum Gasteiger partial charge on any atom is 0.259 e. The van der Waals surface area contributed by atoms with E-state index in [2.05, 4.69) is 34.3 Å². The molecule has 0 spiro atoms. The van der Waals surface area contributed by atoms with E-state index in [1.54, 1.807) is 6.20 Å². The third-order valence-corrected chi connectivity index (χ3v) is 4.63. The first kappa shape index (κ1) is 19.6. The zero-order chi connectivity index (χ0) is 19.8. The fourth-order valence-corrected chi connectivity index (χ4v) is 2.95. The molecule has 0 unspecified atom stereocenters. The summed E-state index contributed by atoms with van der Waals surface area (Å²) in [5.74, 6) is 0.584. The van der Waals surface area contributed by atoms with E-state index in [-0.39, 0.29) is 5.91 Å². The highest BCUT2D eigenvalue weighted by Gasteiger charge is 2.15. The van der Waals surface area contributed by atoms with E-state index in [1.165, 1.54) is 0 Å². The number of benzene rings is 2. The lowest BCUT2D eigenvalue weighted by Crippen LogP contribution is -2.27. The summed E-state index contributed by atoms with van der Waals surface area (Å²) in [7, 11) is 0. The van der Waals surface area contributed by atoms with Crippen molar-refractivity contribution in [1.82, 2.24) is 15.1 Å². The van der Waals surface area contributed by atoms with Crippen molar-refractivity contribution in [2.24, 2.45) is 0 Å². The van der Waals surface area contributed by atoms with Gasteiger partial charge in [0.05, 0.1) is 17.5 Å². The first-order chi connectivity index (χ1) is 13.7. The quantitative estimate of drug-likeness (QED) is 0.589. The molecule has 28 heavy (non-hydrogen) atoms. The lowest BCUT2D eigenvalue weighted by molar-refractivity contribution is 0.102. The second-order valence-corrected chi connectivity index (χ2v) is 6.38. The SMILES string of the molecule is CCN(CC)CCOc1ccc(NC(=O)c2cn[nH]c2-c2ccccc2)cc1. The Balaban J connectivity index is 1.59. The van der Waals surface area contributed by atoms with Crippen LogP contribution in [0.1, 0.15) is 24.2 Å². The van der Waals surface area contributed by atoms with E-state index in [4.69, 9.17) is 4.74 Å². The zero-order valence-electron chi connectivity index (χ0n) is 16.3. The Hall–Kier alpha value is -3.12. The Morgan fingerprint density at radius 1 is 1.07 bits per heavy atom. The van der Waals surface area contributed by atoms with Crippen molar-refractivity contribution >= 4 is 11.6 Å². The lowest BCUT2D eigenvalue weighted by Gasteiger charge is -2.18. The molecule has 0 saturated carbocycles. The Labute approximate surface area is 165 Å². The molecule has 0 bridgehead atoms. The minimum absolute atomic E-state index is 0.206. The Kier molecular flexibility index (Phi) is 6.81. The van der Waals surface area contributed by atoms with Crippen LogP contribution in [0.15, 0.2) is 60.8 Å². The van der Waals surface area contributed by atoms with Crippen LogP contribution in [0.2, 0.25) is 0 Å². The maximum absolute atomic E-state index is 12.7. The summed E-state index contributed by atoms with van der Waals surface area (Å²) in [5, 5.41) is 9.84. The van der Waals surface area contributed by atoms with Crippen molar-refractivity contribution in [3.8, 4) is 17.0 Å². The minimum atomic E-state index is -0.206. The number of rotatable bonds is 9. The molecule has 0 saturated heterocycles. The average Bonchev–Trinajstić information content (AvgIpc) is 3.23. The molecule has 6 heteroatoms. The third-order valence-electron chi connectivity index (χ3n) is 4.63. The van der Waals surface area contributed by atoms with Gasteiger partial charge >= 0.3 is 0 Å². The summed E-state index contributed by atoms with van der Waals surface area (Å²) >= 11 is 0. The van der Waals surface area contributed by atoms with Crippen LogP contribution >= 0.6 is 0 Å². The van der Waals surface area contributed by atoms with Gasteiger partial charge in [-0.1, -0.05) is 44.2 Å². The molecule has 146 valence electrons. The van der Waals surface area contributed by atoms with Crippen LogP contribution in [0.5, 0.6) is 5.75 Å². The second kappa shape index (κ2) is 9.71. The van der Waals surface area contributed by atoms with E-state index < -0.39 is 0 Å². The van der Waals surface area contributed by atoms with Crippen molar-refractivity contribution in [1.29, 1.82) is 0 Å². The largest absolute Gasteiger partial charge is 0.492 e. The summed E-state index contributed by atoms with van der Waals surface area (Å²) in [6.07, 6.45) is 1.54. The fourth-order valence-electron chi connectivity index (χ4n) is 2.95. The van der Waals surface area contributed by atoms with Crippen molar-refractivity contribution in [3.05, 3.63) is 66.4 Å². The van der Waals surface area contributed by atoms with E-state index in [1.807, 2.05) is 54.6 Å². The van der Waals surface area contributed by atoms with Gasteiger partial charge in [0.1, 0.15) is 12.4 Å². The van der Waals surface area contributed by atoms with Crippen LogP contribution in [0, 0.1) is 0 Å². The number of likely N-dealkylation sites (N-methyl/N-ethyl adjacent to an activating group) is 1. The highest BCUT2D eigenvalue weighted by molar-refractivity contribution is 6.07. The molecule has 0 aliphatic heterocycles. The topological polar surface area (TPSA) is 70.2 Å². The Morgan fingerprint density at radius 2 is 1.79 bits per heavy atom. The molecule has 6 nitrogen and oxygen atoms in total. The number of carbonyl (C=O) groups excluding carboxylic acids is 1. The van der Waals surface area contributed by atoms with Crippen LogP contribution in [-0.4, -0.2) is 47.2 Å². The number of nitrogens with one attached hydrogen (secondary N) is 2. The third kappa shape index (κ3) is 4.98. The molecule has 1 aromatic heterocycles. The van der Waals surface area contributed by atoms with Crippen LogP contribution in [-0.2, 0) is 0 Å². The molecule has 1 amide bonds. The normalized spacial score (nSPS) is 10.8. The van der Waals surface area contributed by atoms with Crippen LogP contribution in [0.25, 0.3) is 11.3 Å². The fraction of sp³-hybridized carbons (Fsp3) is 0.273. The number of H-pyrrole nitrogens is 1. The molecule has 0 fully saturated rings. The van der Waals surface area contributed by atoms with Crippen molar-refractivity contribution in [2.75, 3.05) is 31.6 Å². The maximum atomic E-state index is 12.7. The number of hydrogen-bond donors (Lipinski definition) is 2. The van der Waals surface area contributed by atoms with E-state index in [0.29, 0.717) is 23.6 Å². The zero-order valence-corrected chi connectivity index (χ0v) is 16.3. The number of nitrogens with zero attached hydrogens (tertiary/aromatic N) is 2. The molecule has 0 aliphatic rings. The molecule has 0 radical (unpaired) electrons. The molecule has 3 rings (SSSR count). The molecule has 3 aromatic rings. The number of aromatic amines is 1. The molecule has 2 N–H and O–H groups in total. The Morgan fingerprint density at radius 3 is 2.46 bits per heavy atom. The predicted octanol–water partition coefficient (Wildman–Crippen LogP) is 4.05. The molecule has 0 atom stereocenters. The van der Waals surface area contributed by atoms with Gasteiger partial charge in [0.2, 0.25) is 0 Å². The van der Waals surface area contributed by atoms with Crippen LogP contribution < -0.4 is 10.1 Å². The number of carbonyl (C=O) groups is 1. The number of ether oxygens (including phenoxy) is 1. The van der Waals surface area contributed by atoms with Gasteiger partial charge in [0.15, 0.2) is 0 Å². The highest BCUT2D eigenvalue weighted by atomic mass is 16.5. The van der Waals surface area contributed by atoms with E-state index in [0.717, 1.165) is 30.9 Å². The molecule has 2 aromatic carbocycles. The smallest absolute Gasteiger partial charge is 0.259 e. The van der Waals surface area contributed by atoms with Gasteiger partial charge in [-0.3, -0.25) is 9.89 Å². The number of anilines is 1. The number of aromatic nitrogens is 2. The number of hydrogen-bond acceptors (Lipinski definition) is 4. The standard InChI is InChI=1S/C22H26N4O2/c1-3-26(4-2)14-15-28-19-12-10-18(11-13-19)24-22(27)20-16-23-25-21(20)17-8-6-5-7-9-17/h5-13,16H,3-4,14-15H2,1-2H3,(H,23,25)(H,24,27). The van der Waals surface area contributed by atoms with Gasteiger partial charge in [0.25, 0.3) is 5.91 Å². The predicted molar refractivity (Wildman–Crippen MR) is 112 cm³/mol. The molecular formula is C22H26N4O2. The summed E-state index contributed by atoms with van der Waals surface area (Å²) in [5.41, 5.74) is 2.84. The monoisotopic (exact) mass is 378 g/mol. The van der Waals surface area contributed by atoms with Crippen molar-refractivity contribution in [2.45, 2.75) is 13.8 Å². The molecule has 0 aliphatic carbocycles. The van der Waals surface area contributed by atoms with Gasteiger partial charge in [-0.25, -0.2) is 0 Å². The second-order valence-electron chi connectivity index (χ2n) is 6.38. The van der Waals surface area contributed by atoms with Gasteiger partial charge in [-0.2, -0.15) is 5.10 Å². The van der Waals surface area contributed by atoms with Gasteiger partial charge in [-0.15, -0.1) is 0 Å². The number of amides is 1. The minimum Gasteiger partial charge on any atom is -0.492 e. The highest BCUT2D eigenvalue weighted by Crippen LogP contribution is 2.22. The van der Waals surface area contributed by atoms with Crippen molar-refractivity contribution in [3.63, 3.8) is 0 Å². The van der Waals surface area contributed by atoms with Gasteiger partial charge in [-0.05, 0) is 37.4 Å². The Bertz CT molecular complexity index is 871. The van der Waals surface area contributed by atoms with Crippen LogP contribution in [0.4, 0.5) is 5.69 Å². The summed E-state index contributed by atoms with van der Waals surface area (Å²) in [6, 6.07) is 17.1. The summed E-state index contributed by atoms with van der Waals surface area (Å²) in [4.78, 5) is 15.0. The lowest BCUT2D eigenvalue weighted by atomic mass is 10.1. The van der Waals surface area contributed by atoms with Gasteiger partial charge < -0.3 is 15.0 Å². The first-order valence-electron chi connectivity index (χ1n) is 9.56. The van der Waals surface area contributed by atoms with Crippen molar-refractivity contribution < 1.29 is 9.53 Å². The van der Waals surface area contributed by atoms with Gasteiger partial charge in [0, 0.05) is 17.8 Å². The van der Waals surface area contributed by atoms with E-state index in [9.17, 15) is 4.79 Å². The summed E-state index contributed by atoms with van der Waals surface area (Å²) < 4.78 is 5.78. The molecular weight excluding hydrogens is 352 g/mol.